The number of ketones is 1. The number of carbonyl (C=O) groups excluding carboxylic acids is 1. The molecule has 0 fully saturated rings. The third kappa shape index (κ3) is 4.98. The SMILES string of the molecule is CCCSCC(=O)Cc1cccc(F)c1. The highest BCUT2D eigenvalue weighted by Gasteiger charge is 2.04. The molecule has 0 aromatic heterocycles. The largest absolute Gasteiger partial charge is 0.298 e. The second-order valence-electron chi connectivity index (χ2n) is 3.40. The van der Waals surface area contributed by atoms with E-state index in [-0.39, 0.29) is 11.6 Å². The first-order valence-electron chi connectivity index (χ1n) is 5.06. The van der Waals surface area contributed by atoms with Crippen molar-refractivity contribution in [2.45, 2.75) is 19.8 Å². The molecule has 0 bridgehead atoms. The molecule has 3 heteroatoms. The maximum absolute atomic E-state index is 12.8. The number of thioether (sulfide) groups is 1. The predicted molar refractivity (Wildman–Crippen MR) is 62.7 cm³/mol. The maximum Gasteiger partial charge on any atom is 0.147 e. The van der Waals surface area contributed by atoms with Crippen LogP contribution in [0.25, 0.3) is 0 Å². The van der Waals surface area contributed by atoms with Gasteiger partial charge in [0.15, 0.2) is 0 Å². The Bertz CT molecular complexity index is 325. The predicted octanol–water partition coefficient (Wildman–Crippen LogP) is 3.08. The first-order valence-corrected chi connectivity index (χ1v) is 6.21. The van der Waals surface area contributed by atoms with Crippen LogP contribution in [0.1, 0.15) is 18.9 Å². The molecule has 0 aliphatic rings. The monoisotopic (exact) mass is 226 g/mol. The maximum atomic E-state index is 12.8. The molecule has 15 heavy (non-hydrogen) atoms. The van der Waals surface area contributed by atoms with Crippen LogP contribution < -0.4 is 0 Å². The highest BCUT2D eigenvalue weighted by atomic mass is 32.2. The fraction of sp³-hybridized carbons (Fsp3) is 0.417. The quantitative estimate of drug-likeness (QED) is 0.693. The Kier molecular flexibility index (Phi) is 5.40. The lowest BCUT2D eigenvalue weighted by Gasteiger charge is -2.01. The van der Waals surface area contributed by atoms with Crippen molar-refractivity contribution in [2.75, 3.05) is 11.5 Å². The van der Waals surface area contributed by atoms with Gasteiger partial charge in [-0.1, -0.05) is 19.1 Å². The molecule has 0 aliphatic carbocycles. The van der Waals surface area contributed by atoms with E-state index in [9.17, 15) is 9.18 Å². The Morgan fingerprint density at radius 2 is 2.27 bits per heavy atom. The number of hydrogen-bond donors (Lipinski definition) is 0. The summed E-state index contributed by atoms with van der Waals surface area (Å²) in [6.45, 7) is 2.09. The molecule has 0 saturated carbocycles. The molecule has 0 atom stereocenters. The van der Waals surface area contributed by atoms with Gasteiger partial charge in [0.1, 0.15) is 11.6 Å². The molecule has 1 aromatic carbocycles. The normalized spacial score (nSPS) is 10.3. The number of benzene rings is 1. The molecular weight excluding hydrogens is 211 g/mol. The molecule has 1 aromatic rings. The zero-order valence-electron chi connectivity index (χ0n) is 8.83. The van der Waals surface area contributed by atoms with E-state index in [1.165, 1.54) is 12.1 Å². The van der Waals surface area contributed by atoms with Gasteiger partial charge in [0.25, 0.3) is 0 Å². The summed E-state index contributed by atoms with van der Waals surface area (Å²) >= 11 is 1.64. The molecule has 0 aliphatic heterocycles. The van der Waals surface area contributed by atoms with Crippen LogP contribution in [0.15, 0.2) is 24.3 Å². The summed E-state index contributed by atoms with van der Waals surface area (Å²) in [5, 5.41) is 0. The standard InChI is InChI=1S/C12H15FOS/c1-2-6-15-9-12(14)8-10-4-3-5-11(13)7-10/h3-5,7H,2,6,8-9H2,1H3. The van der Waals surface area contributed by atoms with Crippen LogP contribution in [0.4, 0.5) is 4.39 Å². The van der Waals surface area contributed by atoms with E-state index in [1.807, 2.05) is 0 Å². The molecule has 0 heterocycles. The number of carbonyl (C=O) groups is 1. The highest BCUT2D eigenvalue weighted by Crippen LogP contribution is 2.08. The number of hydrogen-bond acceptors (Lipinski definition) is 2. The van der Waals surface area contributed by atoms with E-state index in [0.29, 0.717) is 12.2 Å². The molecule has 82 valence electrons. The summed E-state index contributed by atoms with van der Waals surface area (Å²) in [6, 6.07) is 6.23. The molecular formula is C12H15FOS. The van der Waals surface area contributed by atoms with Crippen LogP contribution in [0, 0.1) is 5.82 Å². The van der Waals surface area contributed by atoms with Gasteiger partial charge >= 0.3 is 0 Å². The Hall–Kier alpha value is -0.830. The van der Waals surface area contributed by atoms with Crippen molar-refractivity contribution in [1.82, 2.24) is 0 Å². The van der Waals surface area contributed by atoms with E-state index in [1.54, 1.807) is 23.9 Å². The summed E-state index contributed by atoms with van der Waals surface area (Å²) in [5.74, 6) is 1.43. The molecule has 0 radical (unpaired) electrons. The second-order valence-corrected chi connectivity index (χ2v) is 4.50. The van der Waals surface area contributed by atoms with Crippen molar-refractivity contribution in [1.29, 1.82) is 0 Å². The minimum Gasteiger partial charge on any atom is -0.298 e. The lowest BCUT2D eigenvalue weighted by Crippen LogP contribution is -2.06. The van der Waals surface area contributed by atoms with E-state index in [2.05, 4.69) is 6.92 Å². The van der Waals surface area contributed by atoms with Crippen LogP contribution in [-0.2, 0) is 11.2 Å². The average Bonchev–Trinajstić information content (AvgIpc) is 2.18. The first kappa shape index (κ1) is 12.2. The molecule has 1 rings (SSSR count). The molecule has 1 nitrogen and oxygen atoms in total. The first-order chi connectivity index (χ1) is 7.22. The third-order valence-corrected chi connectivity index (χ3v) is 3.12. The lowest BCUT2D eigenvalue weighted by molar-refractivity contribution is -0.116. The topological polar surface area (TPSA) is 17.1 Å². The zero-order valence-corrected chi connectivity index (χ0v) is 9.65. The van der Waals surface area contributed by atoms with E-state index in [4.69, 9.17) is 0 Å². The molecule has 0 spiro atoms. The van der Waals surface area contributed by atoms with E-state index < -0.39 is 0 Å². The van der Waals surface area contributed by atoms with Crippen molar-refractivity contribution in [3.05, 3.63) is 35.6 Å². The summed E-state index contributed by atoms with van der Waals surface area (Å²) in [7, 11) is 0. The van der Waals surface area contributed by atoms with Crippen LogP contribution in [-0.4, -0.2) is 17.3 Å². The van der Waals surface area contributed by atoms with Crippen molar-refractivity contribution in [3.8, 4) is 0 Å². The van der Waals surface area contributed by atoms with E-state index >= 15 is 0 Å². The van der Waals surface area contributed by atoms with E-state index in [0.717, 1.165) is 17.7 Å². The van der Waals surface area contributed by atoms with Gasteiger partial charge in [0.2, 0.25) is 0 Å². The summed E-state index contributed by atoms with van der Waals surface area (Å²) in [6.07, 6.45) is 1.42. The van der Waals surface area contributed by atoms with Gasteiger partial charge in [-0.15, -0.1) is 0 Å². The van der Waals surface area contributed by atoms with Crippen LogP contribution in [0.3, 0.4) is 0 Å². The van der Waals surface area contributed by atoms with Crippen LogP contribution >= 0.6 is 11.8 Å². The number of Topliss-reactive ketones (excluding diaryl/α,β-unsaturated/α-hetero) is 1. The smallest absolute Gasteiger partial charge is 0.147 e. The van der Waals surface area contributed by atoms with Gasteiger partial charge < -0.3 is 0 Å². The average molecular weight is 226 g/mol. The Morgan fingerprint density at radius 3 is 2.93 bits per heavy atom. The molecule has 0 amide bonds. The van der Waals surface area contributed by atoms with Gasteiger partial charge in [-0.25, -0.2) is 4.39 Å². The molecule has 0 N–H and O–H groups in total. The summed E-state index contributed by atoms with van der Waals surface area (Å²) < 4.78 is 12.8. The highest BCUT2D eigenvalue weighted by molar-refractivity contribution is 7.99. The molecule has 0 unspecified atom stereocenters. The Balaban J connectivity index is 2.37. The van der Waals surface area contributed by atoms with Crippen LogP contribution in [0.5, 0.6) is 0 Å². The van der Waals surface area contributed by atoms with Crippen molar-refractivity contribution < 1.29 is 9.18 Å². The van der Waals surface area contributed by atoms with Crippen LogP contribution in [0.2, 0.25) is 0 Å². The number of halogens is 1. The third-order valence-electron chi connectivity index (χ3n) is 1.90. The fourth-order valence-corrected chi connectivity index (χ4v) is 2.02. The minimum atomic E-state index is -0.276. The van der Waals surface area contributed by atoms with Gasteiger partial charge in [-0.3, -0.25) is 4.79 Å². The van der Waals surface area contributed by atoms with Crippen molar-refractivity contribution in [3.63, 3.8) is 0 Å². The zero-order chi connectivity index (χ0) is 11.1. The summed E-state index contributed by atoms with van der Waals surface area (Å²) in [4.78, 5) is 11.5. The van der Waals surface area contributed by atoms with Gasteiger partial charge in [0, 0.05) is 6.42 Å². The van der Waals surface area contributed by atoms with Crippen molar-refractivity contribution >= 4 is 17.5 Å². The van der Waals surface area contributed by atoms with Gasteiger partial charge in [-0.2, -0.15) is 11.8 Å². The molecule has 0 saturated heterocycles. The van der Waals surface area contributed by atoms with Crippen molar-refractivity contribution in [2.24, 2.45) is 0 Å². The second kappa shape index (κ2) is 6.62. The Morgan fingerprint density at radius 1 is 1.47 bits per heavy atom. The number of rotatable bonds is 6. The minimum absolute atomic E-state index is 0.166. The lowest BCUT2D eigenvalue weighted by atomic mass is 10.1. The van der Waals surface area contributed by atoms with Gasteiger partial charge in [-0.05, 0) is 29.9 Å². The fourth-order valence-electron chi connectivity index (χ4n) is 1.26. The summed E-state index contributed by atoms with van der Waals surface area (Å²) in [5.41, 5.74) is 0.761. The Labute approximate surface area is 94.1 Å². The van der Waals surface area contributed by atoms with Gasteiger partial charge in [0.05, 0.1) is 5.75 Å².